The average Bonchev–Trinajstić information content (AvgIpc) is 2.38. The fourth-order valence-corrected chi connectivity index (χ4v) is 5.23. The second kappa shape index (κ2) is 5.15. The van der Waals surface area contributed by atoms with Crippen molar-refractivity contribution < 1.29 is 0 Å². The van der Waals surface area contributed by atoms with Crippen LogP contribution in [0.2, 0.25) is 14.8 Å². The van der Waals surface area contributed by atoms with Gasteiger partial charge in [-0.25, -0.2) is 0 Å². The standard InChI is InChI=1S/C13H8N.3CH3.Sn/c14-10-11-6-8-13(9-7-11)12-4-2-1-3-5-12;;;;/h2-9H;3*1H3;. The Morgan fingerprint density at radius 2 is 1.22 bits per heavy atom. The van der Waals surface area contributed by atoms with E-state index in [0.717, 1.165) is 0 Å². The van der Waals surface area contributed by atoms with Crippen molar-refractivity contribution in [2.45, 2.75) is 14.8 Å². The molecule has 0 aliphatic rings. The molecule has 0 spiro atoms. The fraction of sp³-hybridized carbons (Fsp3) is 0.188. The van der Waals surface area contributed by atoms with Crippen LogP contribution in [0, 0.1) is 11.3 Å². The molecule has 0 radical (unpaired) electrons. The number of benzene rings is 2. The van der Waals surface area contributed by atoms with Gasteiger partial charge in [-0.1, -0.05) is 0 Å². The molecule has 0 amide bonds. The molecule has 0 aliphatic carbocycles. The first kappa shape index (κ1) is 13.2. The van der Waals surface area contributed by atoms with Gasteiger partial charge < -0.3 is 0 Å². The molecule has 2 heteroatoms. The van der Waals surface area contributed by atoms with E-state index in [-0.39, 0.29) is 0 Å². The monoisotopic (exact) mass is 343 g/mol. The van der Waals surface area contributed by atoms with Crippen molar-refractivity contribution in [1.29, 1.82) is 5.26 Å². The van der Waals surface area contributed by atoms with Gasteiger partial charge in [-0.05, 0) is 0 Å². The Morgan fingerprint density at radius 1 is 0.778 bits per heavy atom. The van der Waals surface area contributed by atoms with E-state index in [1.807, 2.05) is 24.3 Å². The molecule has 1 nitrogen and oxygen atoms in total. The summed E-state index contributed by atoms with van der Waals surface area (Å²) < 4.78 is 1.54. The van der Waals surface area contributed by atoms with E-state index >= 15 is 0 Å². The fourth-order valence-electron chi connectivity index (χ4n) is 1.90. The average molecular weight is 342 g/mol. The molecule has 0 aliphatic heterocycles. The van der Waals surface area contributed by atoms with Gasteiger partial charge in [0.2, 0.25) is 0 Å². The Hall–Kier alpha value is -1.27. The predicted octanol–water partition coefficient (Wildman–Crippen LogP) is 3.77. The minimum absolute atomic E-state index is 0.710. The van der Waals surface area contributed by atoms with E-state index in [9.17, 15) is 0 Å². The summed E-state index contributed by atoms with van der Waals surface area (Å²) in [7, 11) is 0. The van der Waals surface area contributed by atoms with Crippen molar-refractivity contribution in [3.63, 3.8) is 0 Å². The van der Waals surface area contributed by atoms with Gasteiger partial charge in [0.1, 0.15) is 0 Å². The molecule has 0 unspecified atom stereocenters. The summed E-state index contributed by atoms with van der Waals surface area (Å²) in [6.45, 7) is 0. The minimum atomic E-state index is -1.93. The molecule has 2 aromatic rings. The summed E-state index contributed by atoms with van der Waals surface area (Å²) in [6, 6.07) is 18.8. The molecule has 0 saturated heterocycles. The third-order valence-electron chi connectivity index (χ3n) is 3.10. The molecule has 0 bridgehead atoms. The van der Waals surface area contributed by atoms with Gasteiger partial charge in [-0.2, -0.15) is 0 Å². The maximum atomic E-state index is 8.78. The molecule has 0 heterocycles. The molecule has 0 fully saturated rings. The van der Waals surface area contributed by atoms with Crippen LogP contribution in [0.1, 0.15) is 5.56 Å². The molecule has 0 aromatic heterocycles. The first-order chi connectivity index (χ1) is 8.50. The molecule has 2 rings (SSSR count). The van der Waals surface area contributed by atoms with E-state index in [0.29, 0.717) is 5.56 Å². The van der Waals surface area contributed by atoms with Gasteiger partial charge >= 0.3 is 113 Å². The van der Waals surface area contributed by atoms with E-state index in [2.05, 4.69) is 45.2 Å². The number of hydrogen-bond donors (Lipinski definition) is 0. The molecule has 0 atom stereocenters. The number of nitrogens with zero attached hydrogens (tertiary/aromatic N) is 1. The summed E-state index contributed by atoms with van der Waals surface area (Å²) in [5.41, 5.74) is 3.10. The van der Waals surface area contributed by atoms with Crippen LogP contribution in [-0.2, 0) is 0 Å². The van der Waals surface area contributed by atoms with Crippen LogP contribution in [0.15, 0.2) is 48.5 Å². The number of rotatable bonds is 2. The first-order valence-corrected chi connectivity index (χ1v) is 16.1. The van der Waals surface area contributed by atoms with Crippen LogP contribution >= 0.6 is 0 Å². The Kier molecular flexibility index (Phi) is 3.77. The van der Waals surface area contributed by atoms with Gasteiger partial charge in [0.15, 0.2) is 0 Å². The topological polar surface area (TPSA) is 23.8 Å². The SMILES string of the molecule is [CH3][Sn]([CH3])([CH3])[c]1ccc(-c2ccc(C#N)cc2)cc1. The van der Waals surface area contributed by atoms with E-state index in [1.165, 1.54) is 11.1 Å². The first-order valence-electron chi connectivity index (χ1n) is 6.12. The molecular formula is C16H17NSn. The summed E-state index contributed by atoms with van der Waals surface area (Å²) >= 11 is -1.93. The molecule has 0 saturated carbocycles. The van der Waals surface area contributed by atoms with Crippen molar-refractivity contribution >= 4 is 22.0 Å². The summed E-state index contributed by atoms with van der Waals surface area (Å²) in [6.07, 6.45) is 0. The molecular weight excluding hydrogens is 325 g/mol. The van der Waals surface area contributed by atoms with E-state index < -0.39 is 18.4 Å². The van der Waals surface area contributed by atoms with E-state index in [1.54, 1.807) is 3.58 Å². The Morgan fingerprint density at radius 3 is 1.61 bits per heavy atom. The zero-order valence-corrected chi connectivity index (χ0v) is 13.9. The van der Waals surface area contributed by atoms with Crippen LogP contribution in [0.4, 0.5) is 0 Å². The third-order valence-corrected chi connectivity index (χ3v) is 8.99. The predicted molar refractivity (Wildman–Crippen MR) is 79.6 cm³/mol. The van der Waals surface area contributed by atoms with Crippen LogP contribution in [-0.4, -0.2) is 18.4 Å². The van der Waals surface area contributed by atoms with Gasteiger partial charge in [0, 0.05) is 0 Å². The summed E-state index contributed by atoms with van der Waals surface area (Å²) in [4.78, 5) is 7.27. The normalized spacial score (nSPS) is 11.0. The van der Waals surface area contributed by atoms with Crippen molar-refractivity contribution in [2.24, 2.45) is 0 Å². The van der Waals surface area contributed by atoms with Crippen molar-refractivity contribution in [2.75, 3.05) is 0 Å². The Labute approximate surface area is 113 Å². The number of nitriles is 1. The summed E-state index contributed by atoms with van der Waals surface area (Å²) in [5, 5.41) is 8.78. The second-order valence-electron chi connectivity index (χ2n) is 5.52. The Balaban J connectivity index is 2.32. The zero-order chi connectivity index (χ0) is 13.2. The zero-order valence-electron chi connectivity index (χ0n) is 11.1. The van der Waals surface area contributed by atoms with Crippen LogP contribution < -0.4 is 3.58 Å². The molecule has 18 heavy (non-hydrogen) atoms. The molecule has 2 aromatic carbocycles. The van der Waals surface area contributed by atoms with Gasteiger partial charge in [0.05, 0.1) is 0 Å². The van der Waals surface area contributed by atoms with Gasteiger partial charge in [-0.15, -0.1) is 0 Å². The molecule has 90 valence electrons. The quantitative estimate of drug-likeness (QED) is 0.763. The van der Waals surface area contributed by atoms with Crippen LogP contribution in [0.5, 0.6) is 0 Å². The summed E-state index contributed by atoms with van der Waals surface area (Å²) in [5.74, 6) is 0. The van der Waals surface area contributed by atoms with Crippen molar-refractivity contribution in [3.05, 3.63) is 54.1 Å². The van der Waals surface area contributed by atoms with Gasteiger partial charge in [0.25, 0.3) is 0 Å². The van der Waals surface area contributed by atoms with Crippen molar-refractivity contribution in [3.8, 4) is 17.2 Å². The third kappa shape index (κ3) is 2.94. The van der Waals surface area contributed by atoms with Crippen LogP contribution in [0.3, 0.4) is 0 Å². The number of hydrogen-bond acceptors (Lipinski definition) is 1. The van der Waals surface area contributed by atoms with Crippen molar-refractivity contribution in [1.82, 2.24) is 0 Å². The van der Waals surface area contributed by atoms with Crippen LogP contribution in [0.25, 0.3) is 11.1 Å². The maximum absolute atomic E-state index is 8.78. The van der Waals surface area contributed by atoms with E-state index in [4.69, 9.17) is 5.26 Å². The molecule has 0 N–H and O–H groups in total. The van der Waals surface area contributed by atoms with Gasteiger partial charge in [-0.3, -0.25) is 0 Å². The Bertz CT molecular complexity index is 568. The second-order valence-corrected chi connectivity index (χ2v) is 20.0.